The van der Waals surface area contributed by atoms with Crippen LogP contribution < -0.4 is 0 Å². The van der Waals surface area contributed by atoms with Crippen molar-refractivity contribution in [1.82, 2.24) is 10.2 Å². The van der Waals surface area contributed by atoms with Crippen LogP contribution in [0.3, 0.4) is 0 Å². The number of rotatable bonds is 14. The third-order valence-corrected chi connectivity index (χ3v) is 7.59. The van der Waals surface area contributed by atoms with Gasteiger partial charge in [-0.05, 0) is 67.3 Å². The molecule has 33 heavy (non-hydrogen) atoms. The Morgan fingerprint density at radius 2 is 1.42 bits per heavy atom. The lowest BCUT2D eigenvalue weighted by Crippen LogP contribution is -2.15. The van der Waals surface area contributed by atoms with Crippen molar-refractivity contribution in [3.63, 3.8) is 0 Å². The molecule has 1 aromatic heterocycles. The van der Waals surface area contributed by atoms with Gasteiger partial charge in [-0.2, -0.15) is 10.2 Å². The quantitative estimate of drug-likeness (QED) is 0.267. The largest absolute Gasteiger partial charge is 0.206 e. The van der Waals surface area contributed by atoms with Gasteiger partial charge in [0.15, 0.2) is 0 Å². The van der Waals surface area contributed by atoms with E-state index in [1.165, 1.54) is 83.5 Å². The maximum Gasteiger partial charge on any atom is 0.132 e. The van der Waals surface area contributed by atoms with Crippen molar-refractivity contribution in [3.05, 3.63) is 47.4 Å². The van der Waals surface area contributed by atoms with Crippen molar-refractivity contribution in [2.45, 2.75) is 117 Å². The van der Waals surface area contributed by atoms with E-state index in [0.29, 0.717) is 11.3 Å². The van der Waals surface area contributed by atoms with E-state index in [-0.39, 0.29) is 5.82 Å². The standard InChI is InChI=1S/C30H45FN2/c1-3-5-7-8-10-12-27-20-22-30(33-32-27)28-21-19-26(23-29(28)31)18-17-25-15-13-24(14-16-25)11-9-6-4-2/h19-25H,3-18H2,1-2H3. The zero-order valence-electron chi connectivity index (χ0n) is 21.1. The minimum Gasteiger partial charge on any atom is -0.206 e. The summed E-state index contributed by atoms with van der Waals surface area (Å²) in [6, 6.07) is 9.62. The molecule has 0 saturated heterocycles. The van der Waals surface area contributed by atoms with Crippen LogP contribution in [0, 0.1) is 17.7 Å². The van der Waals surface area contributed by atoms with Gasteiger partial charge in [-0.1, -0.05) is 97.0 Å². The van der Waals surface area contributed by atoms with Crippen molar-refractivity contribution in [1.29, 1.82) is 0 Å². The molecule has 1 heterocycles. The summed E-state index contributed by atoms with van der Waals surface area (Å²) in [7, 11) is 0. The fraction of sp³-hybridized carbons (Fsp3) is 0.667. The van der Waals surface area contributed by atoms with Gasteiger partial charge >= 0.3 is 0 Å². The number of unbranched alkanes of at least 4 members (excludes halogenated alkanes) is 6. The highest BCUT2D eigenvalue weighted by molar-refractivity contribution is 5.59. The van der Waals surface area contributed by atoms with Crippen molar-refractivity contribution < 1.29 is 4.39 Å². The van der Waals surface area contributed by atoms with Crippen LogP contribution in [0.1, 0.15) is 115 Å². The smallest absolute Gasteiger partial charge is 0.132 e. The van der Waals surface area contributed by atoms with Gasteiger partial charge in [-0.15, -0.1) is 0 Å². The predicted molar refractivity (Wildman–Crippen MR) is 138 cm³/mol. The molecule has 2 nitrogen and oxygen atoms in total. The number of aromatic nitrogens is 2. The average molecular weight is 453 g/mol. The molecule has 1 aliphatic carbocycles. The van der Waals surface area contributed by atoms with Crippen LogP contribution in [-0.4, -0.2) is 10.2 Å². The van der Waals surface area contributed by atoms with E-state index in [0.717, 1.165) is 42.4 Å². The molecule has 1 fully saturated rings. The third kappa shape index (κ3) is 8.83. The molecule has 0 aliphatic heterocycles. The number of hydrogen-bond acceptors (Lipinski definition) is 2. The maximum absolute atomic E-state index is 14.9. The summed E-state index contributed by atoms with van der Waals surface area (Å²) < 4.78 is 14.9. The van der Waals surface area contributed by atoms with Crippen LogP contribution in [0.4, 0.5) is 4.39 Å². The molecule has 182 valence electrons. The first-order valence-electron chi connectivity index (χ1n) is 13.8. The Kier molecular flexibility index (Phi) is 11.3. The lowest BCUT2D eigenvalue weighted by atomic mass is 9.78. The highest BCUT2D eigenvalue weighted by Gasteiger charge is 2.20. The molecule has 1 saturated carbocycles. The fourth-order valence-electron chi connectivity index (χ4n) is 5.33. The first kappa shape index (κ1) is 25.8. The first-order valence-corrected chi connectivity index (χ1v) is 13.8. The lowest BCUT2D eigenvalue weighted by Gasteiger charge is -2.28. The second kappa shape index (κ2) is 14.5. The van der Waals surface area contributed by atoms with Gasteiger partial charge in [0.2, 0.25) is 0 Å². The summed E-state index contributed by atoms with van der Waals surface area (Å²) >= 11 is 0. The monoisotopic (exact) mass is 452 g/mol. The fourth-order valence-corrected chi connectivity index (χ4v) is 5.33. The molecule has 0 N–H and O–H groups in total. The van der Waals surface area contributed by atoms with Crippen molar-refractivity contribution in [2.24, 2.45) is 11.8 Å². The average Bonchev–Trinajstić information content (AvgIpc) is 2.84. The van der Waals surface area contributed by atoms with Crippen LogP contribution in [0.15, 0.2) is 30.3 Å². The van der Waals surface area contributed by atoms with Gasteiger partial charge in [0, 0.05) is 5.56 Å². The second-order valence-corrected chi connectivity index (χ2v) is 10.3. The summed E-state index contributed by atoms with van der Waals surface area (Å²) in [5, 5.41) is 8.66. The van der Waals surface area contributed by atoms with Crippen LogP contribution in [0.2, 0.25) is 0 Å². The van der Waals surface area contributed by atoms with Gasteiger partial charge in [0.1, 0.15) is 5.82 Å². The summed E-state index contributed by atoms with van der Waals surface area (Å²) in [6.45, 7) is 4.52. The van der Waals surface area contributed by atoms with E-state index in [2.05, 4.69) is 30.1 Å². The number of hydrogen-bond donors (Lipinski definition) is 0. The molecule has 0 unspecified atom stereocenters. The Morgan fingerprint density at radius 3 is 2.09 bits per heavy atom. The topological polar surface area (TPSA) is 25.8 Å². The van der Waals surface area contributed by atoms with Crippen LogP contribution >= 0.6 is 0 Å². The number of nitrogens with zero attached hydrogens (tertiary/aromatic N) is 2. The zero-order chi connectivity index (χ0) is 23.3. The molecule has 0 spiro atoms. The summed E-state index contributed by atoms with van der Waals surface area (Å²) in [5.41, 5.74) is 3.31. The van der Waals surface area contributed by atoms with Crippen LogP contribution in [0.5, 0.6) is 0 Å². The Labute approximate surface area is 201 Å². The molecule has 0 amide bonds. The molecular formula is C30H45FN2. The minimum absolute atomic E-state index is 0.172. The zero-order valence-corrected chi connectivity index (χ0v) is 21.1. The Hall–Kier alpha value is -1.77. The molecule has 3 rings (SSSR count). The normalized spacial score (nSPS) is 18.5. The van der Waals surface area contributed by atoms with E-state index < -0.39 is 0 Å². The van der Waals surface area contributed by atoms with Crippen molar-refractivity contribution >= 4 is 0 Å². The van der Waals surface area contributed by atoms with Crippen LogP contribution in [0.25, 0.3) is 11.3 Å². The van der Waals surface area contributed by atoms with E-state index >= 15 is 0 Å². The highest BCUT2D eigenvalue weighted by Crippen LogP contribution is 2.34. The Balaban J connectivity index is 1.43. The lowest BCUT2D eigenvalue weighted by molar-refractivity contribution is 0.249. The number of halogens is 1. The third-order valence-electron chi connectivity index (χ3n) is 7.59. The Morgan fingerprint density at radius 1 is 0.727 bits per heavy atom. The molecule has 0 radical (unpaired) electrons. The summed E-state index contributed by atoms with van der Waals surface area (Å²) in [4.78, 5) is 0. The molecule has 0 bridgehead atoms. The van der Waals surface area contributed by atoms with Crippen molar-refractivity contribution in [2.75, 3.05) is 0 Å². The molecule has 3 heteroatoms. The Bertz CT molecular complexity index is 793. The van der Waals surface area contributed by atoms with Crippen molar-refractivity contribution in [3.8, 4) is 11.3 Å². The molecular weight excluding hydrogens is 407 g/mol. The van der Waals surface area contributed by atoms with Gasteiger partial charge in [0.05, 0.1) is 11.4 Å². The minimum atomic E-state index is -0.172. The van der Waals surface area contributed by atoms with Crippen LogP contribution in [-0.2, 0) is 12.8 Å². The van der Waals surface area contributed by atoms with Gasteiger partial charge in [0.25, 0.3) is 0 Å². The number of aryl methyl sites for hydroxylation is 2. The SMILES string of the molecule is CCCCCCCc1ccc(-c2ccc(CCC3CCC(CCCCC)CC3)cc2F)nn1. The number of benzene rings is 1. The molecule has 2 aromatic rings. The molecule has 1 aliphatic rings. The van der Waals surface area contributed by atoms with E-state index in [1.54, 1.807) is 6.07 Å². The maximum atomic E-state index is 14.9. The molecule has 1 aromatic carbocycles. The van der Waals surface area contributed by atoms with Gasteiger partial charge in [-0.3, -0.25) is 0 Å². The van der Waals surface area contributed by atoms with Gasteiger partial charge in [-0.25, -0.2) is 4.39 Å². The van der Waals surface area contributed by atoms with E-state index in [1.807, 2.05) is 18.2 Å². The molecule has 0 atom stereocenters. The highest BCUT2D eigenvalue weighted by atomic mass is 19.1. The predicted octanol–water partition coefficient (Wildman–Crippen LogP) is 9.11. The second-order valence-electron chi connectivity index (χ2n) is 10.3. The van der Waals surface area contributed by atoms with Gasteiger partial charge < -0.3 is 0 Å². The van der Waals surface area contributed by atoms with E-state index in [4.69, 9.17) is 0 Å². The summed E-state index contributed by atoms with van der Waals surface area (Å²) in [5.74, 6) is 1.60. The first-order chi connectivity index (χ1) is 16.2. The summed E-state index contributed by atoms with van der Waals surface area (Å²) in [6.07, 6.45) is 20.4. The van der Waals surface area contributed by atoms with E-state index in [9.17, 15) is 4.39 Å².